The zero-order chi connectivity index (χ0) is 20.2. The number of ether oxygens (including phenoxy) is 2. The maximum absolute atomic E-state index is 12.3. The Hall–Kier alpha value is -3.70. The number of hydrogen-bond donors (Lipinski definition) is 0. The Labute approximate surface area is 171 Å². The first-order valence-corrected chi connectivity index (χ1v) is 9.12. The molecule has 142 valence electrons. The molecule has 0 fully saturated rings. The molecule has 0 amide bonds. The number of halogens is 1. The van der Waals surface area contributed by atoms with Crippen LogP contribution in [0.3, 0.4) is 0 Å². The maximum Gasteiger partial charge on any atom is 0.363 e. The van der Waals surface area contributed by atoms with Gasteiger partial charge in [0.15, 0.2) is 5.70 Å². The standard InChI is InChI=1S/C23H14ClNO4/c24-18-11-9-17(10-12-18)22(26)28-19-8-4-5-15(13-19)14-20-23(27)29-21(25-20)16-6-2-1-3-7-16/h1-14H. The number of hydrogen-bond acceptors (Lipinski definition) is 5. The first-order chi connectivity index (χ1) is 14.1. The summed E-state index contributed by atoms with van der Waals surface area (Å²) in [5, 5.41) is 0.536. The zero-order valence-corrected chi connectivity index (χ0v) is 15.8. The van der Waals surface area contributed by atoms with Crippen LogP contribution in [0.2, 0.25) is 5.02 Å². The van der Waals surface area contributed by atoms with Crippen LogP contribution in [0.25, 0.3) is 6.08 Å². The smallest absolute Gasteiger partial charge is 0.363 e. The Morgan fingerprint density at radius 3 is 2.48 bits per heavy atom. The van der Waals surface area contributed by atoms with E-state index >= 15 is 0 Å². The molecule has 0 atom stereocenters. The summed E-state index contributed by atoms with van der Waals surface area (Å²) in [5.74, 6) is -0.436. The zero-order valence-electron chi connectivity index (χ0n) is 15.0. The molecule has 6 heteroatoms. The number of cyclic esters (lactones) is 1. The van der Waals surface area contributed by atoms with Gasteiger partial charge in [0, 0.05) is 10.6 Å². The molecule has 0 unspecified atom stereocenters. The van der Waals surface area contributed by atoms with Gasteiger partial charge in [-0.2, -0.15) is 0 Å². The largest absolute Gasteiger partial charge is 0.423 e. The number of carbonyl (C=O) groups excluding carboxylic acids is 2. The second-order valence-corrected chi connectivity index (χ2v) is 6.61. The monoisotopic (exact) mass is 403 g/mol. The molecular weight excluding hydrogens is 390 g/mol. The Bertz CT molecular complexity index is 1140. The van der Waals surface area contributed by atoms with E-state index in [2.05, 4.69) is 4.99 Å². The van der Waals surface area contributed by atoms with Crippen LogP contribution in [0.1, 0.15) is 21.5 Å². The number of rotatable bonds is 4. The Morgan fingerprint density at radius 1 is 0.966 bits per heavy atom. The maximum atomic E-state index is 12.3. The molecule has 1 aliphatic heterocycles. The van der Waals surface area contributed by atoms with Gasteiger partial charge >= 0.3 is 11.9 Å². The predicted molar refractivity (Wildman–Crippen MR) is 110 cm³/mol. The van der Waals surface area contributed by atoms with Crippen LogP contribution in [0, 0.1) is 0 Å². The van der Waals surface area contributed by atoms with Crippen LogP contribution in [0.4, 0.5) is 0 Å². The van der Waals surface area contributed by atoms with Gasteiger partial charge in [-0.3, -0.25) is 0 Å². The molecule has 0 N–H and O–H groups in total. The fourth-order valence-electron chi connectivity index (χ4n) is 2.69. The highest BCUT2D eigenvalue weighted by atomic mass is 35.5. The minimum Gasteiger partial charge on any atom is -0.423 e. The molecule has 0 aromatic heterocycles. The fourth-order valence-corrected chi connectivity index (χ4v) is 2.82. The number of nitrogens with zero attached hydrogens (tertiary/aromatic N) is 1. The van der Waals surface area contributed by atoms with Gasteiger partial charge < -0.3 is 9.47 Å². The van der Waals surface area contributed by atoms with Gasteiger partial charge in [-0.05, 0) is 60.2 Å². The average molecular weight is 404 g/mol. The van der Waals surface area contributed by atoms with E-state index in [1.807, 2.05) is 30.3 Å². The van der Waals surface area contributed by atoms with E-state index in [4.69, 9.17) is 21.1 Å². The van der Waals surface area contributed by atoms with Crippen molar-refractivity contribution < 1.29 is 19.1 Å². The van der Waals surface area contributed by atoms with Gasteiger partial charge in [-0.25, -0.2) is 14.6 Å². The molecule has 3 aromatic carbocycles. The summed E-state index contributed by atoms with van der Waals surface area (Å²) in [6, 6.07) is 22.4. The lowest BCUT2D eigenvalue weighted by atomic mass is 10.2. The van der Waals surface area contributed by atoms with Crippen molar-refractivity contribution in [3.63, 3.8) is 0 Å². The molecule has 29 heavy (non-hydrogen) atoms. The van der Waals surface area contributed by atoms with Crippen molar-refractivity contribution in [2.24, 2.45) is 4.99 Å². The molecule has 0 spiro atoms. The molecule has 4 rings (SSSR count). The summed E-state index contributed by atoms with van der Waals surface area (Å²) in [6.07, 6.45) is 1.58. The van der Waals surface area contributed by atoms with Crippen molar-refractivity contribution in [2.45, 2.75) is 0 Å². The Balaban J connectivity index is 1.54. The van der Waals surface area contributed by atoms with Gasteiger partial charge in [-0.1, -0.05) is 41.9 Å². The van der Waals surface area contributed by atoms with Gasteiger partial charge in [0.1, 0.15) is 5.75 Å². The number of esters is 2. The van der Waals surface area contributed by atoms with E-state index in [0.717, 1.165) is 5.56 Å². The highest BCUT2D eigenvalue weighted by Gasteiger charge is 2.24. The summed E-state index contributed by atoms with van der Waals surface area (Å²) < 4.78 is 10.6. The third-order valence-corrected chi connectivity index (χ3v) is 4.35. The van der Waals surface area contributed by atoms with Crippen molar-refractivity contribution in [3.05, 3.63) is 106 Å². The van der Waals surface area contributed by atoms with E-state index in [1.54, 1.807) is 54.6 Å². The van der Waals surface area contributed by atoms with Crippen molar-refractivity contribution >= 4 is 35.5 Å². The van der Waals surface area contributed by atoms with Crippen LogP contribution in [0.5, 0.6) is 5.75 Å². The van der Waals surface area contributed by atoms with E-state index in [0.29, 0.717) is 21.9 Å². The number of carbonyl (C=O) groups is 2. The fraction of sp³-hybridized carbons (Fsp3) is 0. The van der Waals surface area contributed by atoms with Crippen molar-refractivity contribution in [2.75, 3.05) is 0 Å². The molecule has 0 bridgehead atoms. The van der Waals surface area contributed by atoms with E-state index < -0.39 is 11.9 Å². The molecule has 1 heterocycles. The third-order valence-electron chi connectivity index (χ3n) is 4.09. The van der Waals surface area contributed by atoms with Crippen LogP contribution < -0.4 is 4.74 Å². The average Bonchev–Trinajstić information content (AvgIpc) is 3.10. The first-order valence-electron chi connectivity index (χ1n) is 8.74. The summed E-state index contributed by atoms with van der Waals surface area (Å²) in [4.78, 5) is 28.7. The Morgan fingerprint density at radius 2 is 1.72 bits per heavy atom. The van der Waals surface area contributed by atoms with Crippen LogP contribution in [-0.4, -0.2) is 17.8 Å². The van der Waals surface area contributed by atoms with Crippen LogP contribution in [0.15, 0.2) is 89.6 Å². The first kappa shape index (κ1) is 18.7. The highest BCUT2D eigenvalue weighted by Crippen LogP contribution is 2.22. The van der Waals surface area contributed by atoms with Crippen molar-refractivity contribution in [1.82, 2.24) is 0 Å². The van der Waals surface area contributed by atoms with Crippen LogP contribution >= 0.6 is 11.6 Å². The summed E-state index contributed by atoms with van der Waals surface area (Å²) in [5.41, 5.74) is 1.92. The van der Waals surface area contributed by atoms with E-state index in [9.17, 15) is 9.59 Å². The topological polar surface area (TPSA) is 65.0 Å². The predicted octanol–water partition coefficient (Wildman–Crippen LogP) is 4.90. The van der Waals surface area contributed by atoms with Gasteiger partial charge in [0.05, 0.1) is 5.56 Å². The van der Waals surface area contributed by atoms with Crippen molar-refractivity contribution in [1.29, 1.82) is 0 Å². The molecule has 3 aromatic rings. The Kier molecular flexibility index (Phi) is 5.22. The lowest BCUT2D eigenvalue weighted by Crippen LogP contribution is -2.08. The molecule has 1 aliphatic rings. The number of aliphatic imine (C=N–C) groups is 1. The normalized spacial score (nSPS) is 14.4. The lowest BCUT2D eigenvalue weighted by Gasteiger charge is -2.05. The van der Waals surface area contributed by atoms with Gasteiger partial charge in [0.25, 0.3) is 0 Å². The SMILES string of the molecule is O=C1OC(c2ccccc2)=NC1=Cc1cccc(OC(=O)c2ccc(Cl)cc2)c1. The summed E-state index contributed by atoms with van der Waals surface area (Å²) in [6.45, 7) is 0. The molecular formula is C23H14ClNO4. The minimum atomic E-state index is -0.535. The summed E-state index contributed by atoms with van der Waals surface area (Å²) >= 11 is 5.83. The molecule has 0 saturated carbocycles. The quantitative estimate of drug-likeness (QED) is 0.353. The second kappa shape index (κ2) is 8.12. The molecule has 0 saturated heterocycles. The summed E-state index contributed by atoms with van der Waals surface area (Å²) in [7, 11) is 0. The highest BCUT2D eigenvalue weighted by molar-refractivity contribution is 6.30. The minimum absolute atomic E-state index is 0.171. The molecule has 0 radical (unpaired) electrons. The van der Waals surface area contributed by atoms with Gasteiger partial charge in [-0.15, -0.1) is 0 Å². The van der Waals surface area contributed by atoms with E-state index in [1.165, 1.54) is 0 Å². The number of benzene rings is 3. The van der Waals surface area contributed by atoms with Crippen molar-refractivity contribution in [3.8, 4) is 5.75 Å². The second-order valence-electron chi connectivity index (χ2n) is 6.17. The molecule has 0 aliphatic carbocycles. The lowest BCUT2D eigenvalue weighted by molar-refractivity contribution is -0.129. The van der Waals surface area contributed by atoms with E-state index in [-0.39, 0.29) is 11.6 Å². The molecule has 5 nitrogen and oxygen atoms in total. The van der Waals surface area contributed by atoms with Gasteiger partial charge in [0.2, 0.25) is 5.90 Å². The van der Waals surface area contributed by atoms with Crippen LogP contribution in [-0.2, 0) is 9.53 Å². The third kappa shape index (κ3) is 4.42.